The van der Waals surface area contributed by atoms with Gasteiger partial charge in [0.05, 0.1) is 24.3 Å². The summed E-state index contributed by atoms with van der Waals surface area (Å²) in [5.74, 6) is -1.07. The smallest absolute Gasteiger partial charge is 0.321 e. The van der Waals surface area contributed by atoms with Crippen molar-refractivity contribution in [1.29, 1.82) is 0 Å². The topological polar surface area (TPSA) is 105 Å². The number of hydrogen-bond donors (Lipinski definition) is 2. The van der Waals surface area contributed by atoms with Gasteiger partial charge in [-0.3, -0.25) is 19.2 Å². The Hall–Kier alpha value is -3.23. The number of amides is 2. The average molecular weight is 396 g/mol. The van der Waals surface area contributed by atoms with Gasteiger partial charge in [0.25, 0.3) is 11.8 Å². The van der Waals surface area contributed by atoms with Crippen LogP contribution in [0.15, 0.2) is 42.5 Å². The highest BCUT2D eigenvalue weighted by atomic mass is 16.7. The minimum Gasteiger partial charge on any atom is -0.493 e. The molecule has 1 atom stereocenters. The Labute approximate surface area is 167 Å². The molecule has 0 aromatic heterocycles. The van der Waals surface area contributed by atoms with Crippen molar-refractivity contribution in [2.75, 3.05) is 13.2 Å². The minimum absolute atomic E-state index is 0.165. The van der Waals surface area contributed by atoms with E-state index in [1.165, 1.54) is 0 Å². The SMILES string of the molecule is O=C(O)[C@@H]1Cc2ccc(OCCCON3C(=O)c4ccccc4C3=O)cc2CN1. The van der Waals surface area contributed by atoms with Gasteiger partial charge in [0, 0.05) is 13.0 Å². The maximum absolute atomic E-state index is 12.2. The number of carboxylic acid groups (broad SMARTS) is 1. The number of nitrogens with one attached hydrogen (secondary N) is 1. The largest absolute Gasteiger partial charge is 0.493 e. The van der Waals surface area contributed by atoms with Crippen LogP contribution < -0.4 is 10.1 Å². The first-order valence-electron chi connectivity index (χ1n) is 9.36. The first kappa shape index (κ1) is 19.1. The monoisotopic (exact) mass is 396 g/mol. The van der Waals surface area contributed by atoms with Crippen LogP contribution in [0, 0.1) is 0 Å². The van der Waals surface area contributed by atoms with E-state index >= 15 is 0 Å². The Bertz CT molecular complexity index is 938. The molecule has 8 heteroatoms. The molecule has 2 N–H and O–H groups in total. The van der Waals surface area contributed by atoms with Crippen molar-refractivity contribution >= 4 is 17.8 Å². The van der Waals surface area contributed by atoms with Crippen molar-refractivity contribution in [1.82, 2.24) is 10.4 Å². The Balaban J connectivity index is 1.24. The number of hydrogen-bond acceptors (Lipinski definition) is 6. The van der Waals surface area contributed by atoms with Crippen LogP contribution in [-0.4, -0.2) is 47.2 Å². The van der Waals surface area contributed by atoms with Gasteiger partial charge in [-0.15, -0.1) is 5.06 Å². The number of carbonyl (C=O) groups excluding carboxylic acids is 2. The summed E-state index contributed by atoms with van der Waals surface area (Å²) in [7, 11) is 0. The van der Waals surface area contributed by atoms with Crippen LogP contribution in [0.5, 0.6) is 5.75 Å². The van der Waals surface area contributed by atoms with E-state index in [2.05, 4.69) is 5.32 Å². The van der Waals surface area contributed by atoms with Crippen LogP contribution in [0.1, 0.15) is 38.3 Å². The molecule has 2 aromatic carbocycles. The molecule has 2 heterocycles. The number of ether oxygens (including phenoxy) is 1. The second kappa shape index (κ2) is 8.02. The number of carbonyl (C=O) groups is 3. The molecule has 0 unspecified atom stereocenters. The highest BCUT2D eigenvalue weighted by molar-refractivity contribution is 6.20. The van der Waals surface area contributed by atoms with Crippen molar-refractivity contribution in [2.24, 2.45) is 0 Å². The van der Waals surface area contributed by atoms with Gasteiger partial charge in [0.1, 0.15) is 11.8 Å². The molecule has 0 spiro atoms. The number of fused-ring (bicyclic) bond motifs is 2. The number of rotatable bonds is 7. The molecule has 0 fully saturated rings. The van der Waals surface area contributed by atoms with Crippen LogP contribution in [0.2, 0.25) is 0 Å². The summed E-state index contributed by atoms with van der Waals surface area (Å²) in [5, 5.41) is 12.9. The first-order valence-corrected chi connectivity index (χ1v) is 9.36. The van der Waals surface area contributed by atoms with Crippen molar-refractivity contribution in [3.63, 3.8) is 0 Å². The number of imide groups is 1. The predicted molar refractivity (Wildman–Crippen MR) is 101 cm³/mol. The lowest BCUT2D eigenvalue weighted by Gasteiger charge is -2.23. The Morgan fingerprint density at radius 1 is 1.07 bits per heavy atom. The lowest BCUT2D eigenvalue weighted by molar-refractivity contribution is -0.139. The molecule has 0 radical (unpaired) electrons. The fourth-order valence-corrected chi connectivity index (χ4v) is 3.44. The van der Waals surface area contributed by atoms with Gasteiger partial charge in [-0.25, -0.2) is 0 Å². The van der Waals surface area contributed by atoms with Crippen LogP contribution in [0.25, 0.3) is 0 Å². The van der Waals surface area contributed by atoms with Crippen molar-refractivity contribution in [3.8, 4) is 5.75 Å². The maximum atomic E-state index is 12.2. The molecule has 2 aliphatic heterocycles. The molecular formula is C21H20N2O6. The summed E-state index contributed by atoms with van der Waals surface area (Å²) >= 11 is 0. The summed E-state index contributed by atoms with van der Waals surface area (Å²) in [5.41, 5.74) is 2.71. The van der Waals surface area contributed by atoms with Gasteiger partial charge in [0.2, 0.25) is 0 Å². The molecule has 0 bridgehead atoms. The Morgan fingerprint density at radius 2 is 1.79 bits per heavy atom. The molecule has 0 saturated heterocycles. The summed E-state index contributed by atoms with van der Waals surface area (Å²) in [6.07, 6.45) is 0.933. The van der Waals surface area contributed by atoms with Crippen molar-refractivity contribution in [3.05, 3.63) is 64.7 Å². The zero-order valence-electron chi connectivity index (χ0n) is 15.6. The Morgan fingerprint density at radius 3 is 2.48 bits per heavy atom. The van der Waals surface area contributed by atoms with E-state index in [9.17, 15) is 14.4 Å². The van der Waals surface area contributed by atoms with E-state index in [1.807, 2.05) is 18.2 Å². The van der Waals surface area contributed by atoms with Gasteiger partial charge in [-0.1, -0.05) is 18.2 Å². The third-order valence-corrected chi connectivity index (χ3v) is 4.97. The lowest BCUT2D eigenvalue weighted by Crippen LogP contribution is -2.41. The van der Waals surface area contributed by atoms with E-state index in [0.717, 1.165) is 16.2 Å². The van der Waals surface area contributed by atoms with Crippen molar-refractivity contribution < 1.29 is 29.1 Å². The number of benzene rings is 2. The third-order valence-electron chi connectivity index (χ3n) is 4.97. The van der Waals surface area contributed by atoms with Crippen LogP contribution in [-0.2, 0) is 22.6 Å². The van der Waals surface area contributed by atoms with E-state index in [1.54, 1.807) is 24.3 Å². The minimum atomic E-state index is -0.853. The lowest BCUT2D eigenvalue weighted by atomic mass is 9.96. The molecule has 0 aliphatic carbocycles. The van der Waals surface area contributed by atoms with E-state index in [0.29, 0.717) is 42.9 Å². The number of carboxylic acids is 1. The van der Waals surface area contributed by atoms with Gasteiger partial charge < -0.3 is 15.2 Å². The van der Waals surface area contributed by atoms with E-state index in [-0.39, 0.29) is 6.61 Å². The molecule has 4 rings (SSSR count). The second-order valence-electron chi connectivity index (χ2n) is 6.89. The van der Waals surface area contributed by atoms with Crippen LogP contribution in [0.3, 0.4) is 0 Å². The maximum Gasteiger partial charge on any atom is 0.321 e. The standard InChI is InChI=1S/C21H20N2O6/c24-19-16-4-1-2-5-17(16)20(25)23(19)29-9-3-8-28-15-7-6-13-11-18(21(26)27)22-12-14(13)10-15/h1-2,4-7,10,18,22H,3,8-9,11-12H2,(H,26,27)/t18-/m0/s1. The summed E-state index contributed by atoms with van der Waals surface area (Å²) in [4.78, 5) is 40.9. The molecule has 0 saturated carbocycles. The third kappa shape index (κ3) is 3.85. The number of hydroxylamine groups is 2. The zero-order chi connectivity index (χ0) is 20.4. The number of aliphatic carboxylic acids is 1. The van der Waals surface area contributed by atoms with Gasteiger partial charge in [0.15, 0.2) is 0 Å². The first-order chi connectivity index (χ1) is 14.0. The molecule has 150 valence electrons. The molecule has 2 amide bonds. The average Bonchev–Trinajstić information content (AvgIpc) is 2.98. The van der Waals surface area contributed by atoms with E-state index in [4.69, 9.17) is 14.7 Å². The number of nitrogens with zero attached hydrogens (tertiary/aromatic N) is 1. The van der Waals surface area contributed by atoms with Crippen LogP contribution in [0.4, 0.5) is 0 Å². The van der Waals surface area contributed by atoms with Crippen LogP contribution >= 0.6 is 0 Å². The Kier molecular flexibility index (Phi) is 5.28. The molecule has 2 aliphatic rings. The van der Waals surface area contributed by atoms with Crippen molar-refractivity contribution in [2.45, 2.75) is 25.4 Å². The quantitative estimate of drug-likeness (QED) is 0.543. The summed E-state index contributed by atoms with van der Waals surface area (Å²) in [6, 6.07) is 11.6. The van der Waals surface area contributed by atoms with E-state index < -0.39 is 23.8 Å². The molecule has 8 nitrogen and oxygen atoms in total. The molecule has 2 aromatic rings. The fourth-order valence-electron chi connectivity index (χ4n) is 3.44. The summed E-state index contributed by atoms with van der Waals surface area (Å²) in [6.45, 7) is 0.998. The summed E-state index contributed by atoms with van der Waals surface area (Å²) < 4.78 is 5.71. The molecule has 29 heavy (non-hydrogen) atoms. The highest BCUT2D eigenvalue weighted by Crippen LogP contribution is 2.24. The van der Waals surface area contributed by atoms with Gasteiger partial charge in [-0.05, 0) is 41.8 Å². The second-order valence-corrected chi connectivity index (χ2v) is 6.89. The molecular weight excluding hydrogens is 376 g/mol. The van der Waals surface area contributed by atoms with Gasteiger partial charge in [-0.2, -0.15) is 0 Å². The highest BCUT2D eigenvalue weighted by Gasteiger charge is 2.36. The fraction of sp³-hybridized carbons (Fsp3) is 0.286. The van der Waals surface area contributed by atoms with Gasteiger partial charge >= 0.3 is 5.97 Å². The zero-order valence-corrected chi connectivity index (χ0v) is 15.6. The predicted octanol–water partition coefficient (Wildman–Crippen LogP) is 1.78. The normalized spacial score (nSPS) is 17.8.